The van der Waals surface area contributed by atoms with Crippen molar-refractivity contribution in [3.63, 3.8) is 0 Å². The maximum absolute atomic E-state index is 10.3. The monoisotopic (exact) mass is 395 g/mol. The molecule has 2 heteroatoms. The Balaban J connectivity index is 1.84. The summed E-state index contributed by atoms with van der Waals surface area (Å²) in [5, 5.41) is 15.5. The smallest absolute Gasteiger partial charge is 0.0592 e. The predicted octanol–water partition coefficient (Wildman–Crippen LogP) is 6.38. The van der Waals surface area contributed by atoms with Gasteiger partial charge in [-0.1, -0.05) is 93.6 Å². The second-order valence-electron chi connectivity index (χ2n) is 9.61. The van der Waals surface area contributed by atoms with Crippen molar-refractivity contribution in [3.8, 4) is 11.1 Å². The Morgan fingerprint density at radius 3 is 1.63 bits per heavy atom. The van der Waals surface area contributed by atoms with Gasteiger partial charge in [0.1, 0.15) is 0 Å². The highest BCUT2D eigenvalue weighted by molar-refractivity contribution is 6.08. The summed E-state index contributed by atoms with van der Waals surface area (Å²) < 4.78 is 0. The number of hydrogen-bond acceptors (Lipinski definition) is 2. The van der Waals surface area contributed by atoms with E-state index in [-0.39, 0.29) is 18.1 Å². The number of aliphatic hydroxyl groups excluding tert-OH is 1. The van der Waals surface area contributed by atoms with E-state index >= 15 is 0 Å². The zero-order chi connectivity index (χ0) is 20.9. The van der Waals surface area contributed by atoms with Gasteiger partial charge in [0.2, 0.25) is 0 Å². The zero-order valence-electron chi connectivity index (χ0n) is 18.0. The fourth-order valence-electron chi connectivity index (χ4n) is 5.14. The van der Waals surface area contributed by atoms with Gasteiger partial charge in [-0.3, -0.25) is 4.90 Å². The van der Waals surface area contributed by atoms with Crippen LogP contribution in [0, 0.1) is 5.41 Å². The van der Waals surface area contributed by atoms with Gasteiger partial charge in [0.25, 0.3) is 0 Å². The molecule has 1 heterocycles. The van der Waals surface area contributed by atoms with Crippen LogP contribution >= 0.6 is 0 Å². The Hall–Kier alpha value is -2.68. The first-order valence-corrected chi connectivity index (χ1v) is 10.8. The minimum Gasteiger partial charge on any atom is -0.395 e. The van der Waals surface area contributed by atoms with Crippen LogP contribution in [0.5, 0.6) is 0 Å². The number of fused-ring (bicyclic) bond motifs is 7. The van der Waals surface area contributed by atoms with Crippen LogP contribution in [0.3, 0.4) is 0 Å². The van der Waals surface area contributed by atoms with Gasteiger partial charge in [-0.2, -0.15) is 0 Å². The lowest BCUT2D eigenvalue weighted by Crippen LogP contribution is -2.45. The van der Waals surface area contributed by atoms with Gasteiger partial charge >= 0.3 is 0 Å². The van der Waals surface area contributed by atoms with E-state index in [0.717, 1.165) is 13.1 Å². The Kier molecular flexibility index (Phi) is 4.65. The number of benzene rings is 4. The molecule has 5 rings (SSSR count). The summed E-state index contributed by atoms with van der Waals surface area (Å²) in [7, 11) is 0. The van der Waals surface area contributed by atoms with Crippen LogP contribution in [-0.2, 0) is 13.1 Å². The predicted molar refractivity (Wildman–Crippen MR) is 126 cm³/mol. The Morgan fingerprint density at radius 1 is 0.733 bits per heavy atom. The van der Waals surface area contributed by atoms with Crippen molar-refractivity contribution in [2.75, 3.05) is 6.61 Å². The molecule has 1 aliphatic rings. The van der Waals surface area contributed by atoms with E-state index in [0.29, 0.717) is 0 Å². The van der Waals surface area contributed by atoms with Crippen LogP contribution in [0.4, 0.5) is 0 Å². The van der Waals surface area contributed by atoms with Crippen molar-refractivity contribution in [1.29, 1.82) is 0 Å². The summed E-state index contributed by atoms with van der Waals surface area (Å²) in [5.74, 6) is 0. The first-order chi connectivity index (χ1) is 14.5. The minimum atomic E-state index is -0.00683. The summed E-state index contributed by atoms with van der Waals surface area (Å²) in [5.41, 5.74) is 5.38. The van der Waals surface area contributed by atoms with Crippen molar-refractivity contribution >= 4 is 21.5 Å². The van der Waals surface area contributed by atoms with Crippen molar-refractivity contribution in [2.45, 2.75) is 39.9 Å². The maximum Gasteiger partial charge on any atom is 0.0592 e. The Labute approximate surface area is 178 Å². The molecule has 0 bridgehead atoms. The van der Waals surface area contributed by atoms with Gasteiger partial charge in [-0.05, 0) is 49.2 Å². The molecule has 0 saturated carbocycles. The fourth-order valence-corrected chi connectivity index (χ4v) is 5.14. The molecule has 152 valence electrons. The van der Waals surface area contributed by atoms with Crippen LogP contribution in [0.15, 0.2) is 72.8 Å². The lowest BCUT2D eigenvalue weighted by molar-refractivity contribution is 0.0375. The van der Waals surface area contributed by atoms with Crippen molar-refractivity contribution < 1.29 is 5.11 Å². The summed E-state index contributed by atoms with van der Waals surface area (Å²) in [4.78, 5) is 2.47. The van der Waals surface area contributed by atoms with E-state index in [4.69, 9.17) is 0 Å². The standard InChI is InChI=1S/C28H29NO/c1-28(2,3)25(18-30)29-16-21-14-12-19-8-4-6-10-23(19)26(21)27-22(17-29)15-13-20-9-5-7-11-24(20)27/h4-15,25,30H,16-18H2,1-3H3/t25-/m1/s1. The van der Waals surface area contributed by atoms with Crippen molar-refractivity contribution in [2.24, 2.45) is 5.41 Å². The Morgan fingerprint density at radius 2 is 1.20 bits per heavy atom. The number of rotatable bonds is 2. The summed E-state index contributed by atoms with van der Waals surface area (Å²) in [6.45, 7) is 8.51. The summed E-state index contributed by atoms with van der Waals surface area (Å²) in [6, 6.07) is 26.6. The fraction of sp³-hybridized carbons (Fsp3) is 0.286. The topological polar surface area (TPSA) is 23.5 Å². The van der Waals surface area contributed by atoms with Crippen LogP contribution in [0.25, 0.3) is 32.7 Å². The Bertz CT molecular complexity index is 1150. The summed E-state index contributed by atoms with van der Waals surface area (Å²) in [6.07, 6.45) is 0. The molecular formula is C28H29NO. The van der Waals surface area contributed by atoms with E-state index in [1.54, 1.807) is 0 Å². The highest BCUT2D eigenvalue weighted by Gasteiger charge is 2.33. The largest absolute Gasteiger partial charge is 0.395 e. The molecule has 4 aromatic rings. The normalized spacial score (nSPS) is 15.6. The SMILES string of the molecule is CC(C)(C)[C@@H](CO)N1Cc2ccc3ccccc3c2-c2c(ccc3ccccc23)C1. The molecule has 0 fully saturated rings. The third-order valence-electron chi connectivity index (χ3n) is 6.64. The average molecular weight is 396 g/mol. The molecule has 0 radical (unpaired) electrons. The molecule has 1 aliphatic heterocycles. The van der Waals surface area contributed by atoms with E-state index in [2.05, 4.69) is 98.5 Å². The van der Waals surface area contributed by atoms with Gasteiger partial charge < -0.3 is 5.11 Å². The number of hydrogen-bond donors (Lipinski definition) is 1. The van der Waals surface area contributed by atoms with E-state index in [1.807, 2.05) is 0 Å². The summed E-state index contributed by atoms with van der Waals surface area (Å²) >= 11 is 0. The first kappa shape index (κ1) is 19.3. The van der Waals surface area contributed by atoms with Gasteiger partial charge in [0.15, 0.2) is 0 Å². The van der Waals surface area contributed by atoms with E-state index < -0.39 is 0 Å². The molecule has 30 heavy (non-hydrogen) atoms. The molecule has 0 unspecified atom stereocenters. The zero-order valence-corrected chi connectivity index (χ0v) is 18.0. The molecule has 1 atom stereocenters. The molecule has 0 aromatic heterocycles. The number of nitrogens with zero attached hydrogens (tertiary/aromatic N) is 1. The highest BCUT2D eigenvalue weighted by atomic mass is 16.3. The third kappa shape index (κ3) is 3.12. The molecule has 0 saturated heterocycles. The molecular weight excluding hydrogens is 366 g/mol. The molecule has 4 aromatic carbocycles. The minimum absolute atomic E-state index is 0.00683. The molecule has 2 nitrogen and oxygen atoms in total. The highest BCUT2D eigenvalue weighted by Crippen LogP contribution is 2.43. The second-order valence-corrected chi connectivity index (χ2v) is 9.61. The second kappa shape index (κ2) is 7.23. The van der Waals surface area contributed by atoms with E-state index in [9.17, 15) is 5.11 Å². The molecule has 0 spiro atoms. The first-order valence-electron chi connectivity index (χ1n) is 10.8. The molecule has 0 aliphatic carbocycles. The van der Waals surface area contributed by atoms with Crippen molar-refractivity contribution in [3.05, 3.63) is 83.9 Å². The van der Waals surface area contributed by atoms with Gasteiger partial charge in [-0.15, -0.1) is 0 Å². The lowest BCUT2D eigenvalue weighted by Gasteiger charge is -2.39. The molecule has 1 N–H and O–H groups in total. The maximum atomic E-state index is 10.3. The number of aliphatic hydroxyl groups is 1. The van der Waals surface area contributed by atoms with E-state index in [1.165, 1.54) is 43.8 Å². The van der Waals surface area contributed by atoms with Gasteiger partial charge in [0.05, 0.1) is 6.61 Å². The van der Waals surface area contributed by atoms with Crippen LogP contribution in [0.2, 0.25) is 0 Å². The van der Waals surface area contributed by atoms with Gasteiger partial charge in [0, 0.05) is 19.1 Å². The van der Waals surface area contributed by atoms with Crippen molar-refractivity contribution in [1.82, 2.24) is 4.90 Å². The van der Waals surface area contributed by atoms with Crippen LogP contribution in [0.1, 0.15) is 31.9 Å². The average Bonchev–Trinajstić information content (AvgIpc) is 2.90. The third-order valence-corrected chi connectivity index (χ3v) is 6.64. The quantitative estimate of drug-likeness (QED) is 0.425. The van der Waals surface area contributed by atoms with Crippen LogP contribution in [-0.4, -0.2) is 22.7 Å². The molecule has 0 amide bonds. The lowest BCUT2D eigenvalue weighted by atomic mass is 9.85. The van der Waals surface area contributed by atoms with Crippen LogP contribution < -0.4 is 0 Å². The van der Waals surface area contributed by atoms with Gasteiger partial charge in [-0.25, -0.2) is 0 Å².